The van der Waals surface area contributed by atoms with Crippen LogP contribution in [0, 0.1) is 5.92 Å². The van der Waals surface area contributed by atoms with E-state index in [2.05, 4.69) is 0 Å². The van der Waals surface area contributed by atoms with Crippen LogP contribution in [-0.4, -0.2) is 30.6 Å². The van der Waals surface area contributed by atoms with E-state index in [9.17, 15) is 9.59 Å². The predicted octanol–water partition coefficient (Wildman–Crippen LogP) is 3.35. The quantitative estimate of drug-likeness (QED) is 0.730. The highest BCUT2D eigenvalue weighted by Crippen LogP contribution is 2.46. The van der Waals surface area contributed by atoms with Crippen molar-refractivity contribution in [2.75, 3.05) is 13.4 Å². The van der Waals surface area contributed by atoms with Gasteiger partial charge in [0, 0.05) is 4.90 Å². The molecule has 0 saturated carbocycles. The average Bonchev–Trinajstić information content (AvgIpc) is 3.27. The number of carbonyl (C=O) groups is 2. The molecule has 6 nitrogen and oxygen atoms in total. The van der Waals surface area contributed by atoms with E-state index in [4.69, 9.17) is 18.9 Å². The summed E-state index contributed by atoms with van der Waals surface area (Å²) in [6.45, 7) is 2.13. The Morgan fingerprint density at radius 2 is 1.93 bits per heavy atom. The second-order valence-corrected chi connectivity index (χ2v) is 7.31. The monoisotopic (exact) mass is 386 g/mol. The third-order valence-electron chi connectivity index (χ3n) is 4.42. The van der Waals surface area contributed by atoms with E-state index in [0.29, 0.717) is 17.1 Å². The van der Waals surface area contributed by atoms with Gasteiger partial charge in [0.15, 0.2) is 11.5 Å². The Labute approximate surface area is 160 Å². The largest absolute Gasteiger partial charge is 0.466 e. The van der Waals surface area contributed by atoms with Gasteiger partial charge >= 0.3 is 11.9 Å². The first-order valence-electron chi connectivity index (χ1n) is 8.65. The lowest BCUT2D eigenvalue weighted by Crippen LogP contribution is -2.29. The summed E-state index contributed by atoms with van der Waals surface area (Å²) >= 11 is 1.31. The second kappa shape index (κ2) is 7.52. The number of benzene rings is 2. The average molecular weight is 386 g/mol. The van der Waals surface area contributed by atoms with Crippen molar-refractivity contribution < 1.29 is 28.5 Å². The van der Waals surface area contributed by atoms with Gasteiger partial charge in [0.05, 0.1) is 6.61 Å². The second-order valence-electron chi connectivity index (χ2n) is 6.10. The van der Waals surface area contributed by atoms with Crippen molar-refractivity contribution in [3.8, 4) is 11.5 Å². The highest BCUT2D eigenvalue weighted by atomic mass is 32.2. The molecule has 2 aromatic carbocycles. The topological polar surface area (TPSA) is 71.1 Å². The van der Waals surface area contributed by atoms with Gasteiger partial charge in [-0.1, -0.05) is 24.3 Å². The number of carbonyl (C=O) groups excluding carboxylic acids is 2. The summed E-state index contributed by atoms with van der Waals surface area (Å²) in [5, 5.41) is -0.679. The summed E-state index contributed by atoms with van der Waals surface area (Å²) in [4.78, 5) is 26.2. The van der Waals surface area contributed by atoms with E-state index in [-0.39, 0.29) is 13.4 Å². The van der Waals surface area contributed by atoms with Crippen LogP contribution in [0.2, 0.25) is 0 Å². The molecule has 1 saturated heterocycles. The predicted molar refractivity (Wildman–Crippen MR) is 97.6 cm³/mol. The number of esters is 2. The summed E-state index contributed by atoms with van der Waals surface area (Å²) in [6.07, 6.45) is -0.729. The molecular formula is C20H18O6S. The van der Waals surface area contributed by atoms with Crippen LogP contribution in [0.1, 0.15) is 18.6 Å². The minimum Gasteiger partial charge on any atom is -0.466 e. The molecular weight excluding hydrogens is 368 g/mol. The molecule has 0 aliphatic carbocycles. The fourth-order valence-corrected chi connectivity index (χ4v) is 4.35. The molecule has 3 atom stereocenters. The Bertz CT molecular complexity index is 853. The van der Waals surface area contributed by atoms with Gasteiger partial charge in [-0.2, -0.15) is 0 Å². The summed E-state index contributed by atoms with van der Waals surface area (Å²) in [6, 6.07) is 14.8. The number of rotatable bonds is 5. The number of thioether (sulfide) groups is 1. The fourth-order valence-electron chi connectivity index (χ4n) is 3.19. The molecule has 4 rings (SSSR count). The standard InChI is InChI=1S/C20H18O6S/c1-2-23-19(21)16-17(12-8-9-14-15(10-12)25-11-24-14)26-20(22)18(16)27-13-6-4-3-5-7-13/h3-10,16-18H,2,11H2,1H3. The molecule has 0 aromatic heterocycles. The van der Waals surface area contributed by atoms with Crippen LogP contribution in [0.25, 0.3) is 0 Å². The SMILES string of the molecule is CCOC(=O)C1C(Sc2ccccc2)C(=O)OC1c1ccc2c(c1)OCO2. The summed E-state index contributed by atoms with van der Waals surface area (Å²) in [5.74, 6) is -0.414. The Kier molecular flexibility index (Phi) is 4.94. The van der Waals surface area contributed by atoms with Crippen molar-refractivity contribution in [3.63, 3.8) is 0 Å². The maximum Gasteiger partial charge on any atom is 0.321 e. The van der Waals surface area contributed by atoms with Crippen LogP contribution in [0.5, 0.6) is 11.5 Å². The molecule has 2 aliphatic heterocycles. The molecule has 0 radical (unpaired) electrons. The molecule has 7 heteroatoms. The maximum atomic E-state index is 12.7. The number of fused-ring (bicyclic) bond motifs is 1. The number of ether oxygens (including phenoxy) is 4. The van der Waals surface area contributed by atoms with Crippen molar-refractivity contribution in [3.05, 3.63) is 54.1 Å². The minimum atomic E-state index is -0.747. The Balaban J connectivity index is 1.66. The molecule has 0 amide bonds. The van der Waals surface area contributed by atoms with Crippen LogP contribution >= 0.6 is 11.8 Å². The molecule has 1 fully saturated rings. The van der Waals surface area contributed by atoms with E-state index in [1.54, 1.807) is 25.1 Å². The summed E-state index contributed by atoms with van der Waals surface area (Å²) in [5.41, 5.74) is 0.682. The zero-order valence-electron chi connectivity index (χ0n) is 14.6. The molecule has 2 aliphatic rings. The molecule has 0 N–H and O–H groups in total. The van der Waals surface area contributed by atoms with Crippen LogP contribution in [-0.2, 0) is 19.1 Å². The molecule has 0 spiro atoms. The van der Waals surface area contributed by atoms with Crippen LogP contribution < -0.4 is 9.47 Å². The van der Waals surface area contributed by atoms with E-state index in [1.165, 1.54) is 11.8 Å². The zero-order chi connectivity index (χ0) is 18.8. The third-order valence-corrected chi connectivity index (χ3v) is 5.70. The first-order valence-corrected chi connectivity index (χ1v) is 9.53. The first-order chi connectivity index (χ1) is 13.2. The van der Waals surface area contributed by atoms with Crippen LogP contribution in [0.3, 0.4) is 0 Å². The van der Waals surface area contributed by atoms with E-state index < -0.39 is 29.2 Å². The van der Waals surface area contributed by atoms with Crippen molar-refractivity contribution in [1.82, 2.24) is 0 Å². The smallest absolute Gasteiger partial charge is 0.321 e. The summed E-state index contributed by atoms with van der Waals surface area (Å²) < 4.78 is 21.6. The normalized spacial score (nSPS) is 23.1. The van der Waals surface area contributed by atoms with Crippen molar-refractivity contribution in [2.24, 2.45) is 5.92 Å². The Hall–Kier alpha value is -2.67. The molecule has 27 heavy (non-hydrogen) atoms. The highest BCUT2D eigenvalue weighted by molar-refractivity contribution is 8.00. The lowest BCUT2D eigenvalue weighted by atomic mass is 9.94. The molecule has 2 aromatic rings. The van der Waals surface area contributed by atoms with Gasteiger partial charge < -0.3 is 18.9 Å². The molecule has 3 unspecified atom stereocenters. The fraction of sp³-hybridized carbons (Fsp3) is 0.300. The molecule has 0 bridgehead atoms. The number of hydrogen-bond acceptors (Lipinski definition) is 7. The van der Waals surface area contributed by atoms with Crippen LogP contribution in [0.15, 0.2) is 53.4 Å². The Morgan fingerprint density at radius 3 is 2.70 bits per heavy atom. The summed E-state index contributed by atoms with van der Waals surface area (Å²) in [7, 11) is 0. The first kappa shape index (κ1) is 17.7. The number of cyclic esters (lactones) is 1. The van der Waals surface area contributed by atoms with Gasteiger partial charge in [-0.3, -0.25) is 9.59 Å². The minimum absolute atomic E-state index is 0.150. The Morgan fingerprint density at radius 1 is 1.15 bits per heavy atom. The number of hydrogen-bond donors (Lipinski definition) is 0. The molecule has 2 heterocycles. The van der Waals surface area contributed by atoms with E-state index in [0.717, 1.165) is 4.90 Å². The van der Waals surface area contributed by atoms with Gasteiger partial charge in [0.25, 0.3) is 0 Å². The highest BCUT2D eigenvalue weighted by Gasteiger charge is 2.51. The van der Waals surface area contributed by atoms with Crippen molar-refractivity contribution in [2.45, 2.75) is 23.2 Å². The van der Waals surface area contributed by atoms with Gasteiger partial charge in [0.2, 0.25) is 6.79 Å². The van der Waals surface area contributed by atoms with E-state index >= 15 is 0 Å². The van der Waals surface area contributed by atoms with Crippen molar-refractivity contribution >= 4 is 23.7 Å². The lowest BCUT2D eigenvalue weighted by Gasteiger charge is -2.19. The lowest BCUT2D eigenvalue weighted by molar-refractivity contribution is -0.150. The van der Waals surface area contributed by atoms with Crippen molar-refractivity contribution in [1.29, 1.82) is 0 Å². The van der Waals surface area contributed by atoms with E-state index in [1.807, 2.05) is 30.3 Å². The maximum absolute atomic E-state index is 12.7. The zero-order valence-corrected chi connectivity index (χ0v) is 15.4. The van der Waals surface area contributed by atoms with Gasteiger partial charge in [0.1, 0.15) is 17.3 Å². The molecule has 140 valence electrons. The third kappa shape index (κ3) is 3.47. The van der Waals surface area contributed by atoms with Crippen LogP contribution in [0.4, 0.5) is 0 Å². The van der Waals surface area contributed by atoms with Gasteiger partial charge in [-0.05, 0) is 36.8 Å². The van der Waals surface area contributed by atoms with Gasteiger partial charge in [-0.25, -0.2) is 0 Å². The van der Waals surface area contributed by atoms with Gasteiger partial charge in [-0.15, -0.1) is 11.8 Å².